The minimum Gasteiger partial charge on any atom is -0.493 e. The molecule has 11 nitrogen and oxygen atoms in total. The number of rotatable bonds is 12. The van der Waals surface area contributed by atoms with E-state index in [4.69, 9.17) is 38.4 Å². The normalized spacial score (nSPS) is 13.1. The summed E-state index contributed by atoms with van der Waals surface area (Å²) in [4.78, 5) is 12.0. The van der Waals surface area contributed by atoms with E-state index in [-0.39, 0.29) is 0 Å². The number of anilines is 1. The van der Waals surface area contributed by atoms with Crippen molar-refractivity contribution in [2.75, 3.05) is 39.3 Å². The highest BCUT2D eigenvalue weighted by molar-refractivity contribution is 5.58. The molecule has 0 spiro atoms. The zero-order valence-corrected chi connectivity index (χ0v) is 24.9. The lowest BCUT2D eigenvalue weighted by atomic mass is 9.98. The summed E-state index contributed by atoms with van der Waals surface area (Å²) >= 11 is 0. The third-order valence-electron chi connectivity index (χ3n) is 7.43. The molecule has 6 rings (SSSR count). The zero-order chi connectivity index (χ0) is 29.8. The number of hydrogen-bond donors (Lipinski definition) is 1. The minimum atomic E-state index is 0.502. The lowest BCUT2D eigenvalue weighted by molar-refractivity contribution is 0.242. The monoisotopic (exact) mass is 584 g/mol. The van der Waals surface area contributed by atoms with E-state index in [2.05, 4.69) is 22.3 Å². The molecule has 43 heavy (non-hydrogen) atoms. The van der Waals surface area contributed by atoms with Gasteiger partial charge in [-0.2, -0.15) is 4.52 Å². The van der Waals surface area contributed by atoms with Gasteiger partial charge in [0, 0.05) is 37.9 Å². The number of nitrogens with one attached hydrogen (secondary N) is 1. The first-order valence-electron chi connectivity index (χ1n) is 14.5. The molecule has 0 unspecified atom stereocenters. The maximum Gasteiger partial charge on any atom is 0.226 e. The van der Waals surface area contributed by atoms with Crippen LogP contribution in [0.2, 0.25) is 0 Å². The number of methoxy groups -OCH3 is 2. The van der Waals surface area contributed by atoms with Gasteiger partial charge < -0.3 is 28.7 Å². The maximum atomic E-state index is 5.89. The van der Waals surface area contributed by atoms with Crippen LogP contribution in [-0.4, -0.2) is 58.5 Å². The number of aromatic nitrogens is 4. The first-order valence-corrected chi connectivity index (χ1v) is 14.5. The van der Waals surface area contributed by atoms with Crippen LogP contribution in [0.4, 0.5) is 5.95 Å². The molecule has 1 N–H and O–H groups in total. The van der Waals surface area contributed by atoms with Gasteiger partial charge in [-0.25, -0.2) is 9.97 Å². The van der Waals surface area contributed by atoms with E-state index in [9.17, 15) is 0 Å². The van der Waals surface area contributed by atoms with Crippen molar-refractivity contribution >= 4 is 11.6 Å². The molecule has 4 heterocycles. The van der Waals surface area contributed by atoms with Crippen molar-refractivity contribution < 1.29 is 23.4 Å². The molecule has 0 saturated carbocycles. The first kappa shape index (κ1) is 28.4. The Labute approximate surface area is 250 Å². The highest BCUT2D eigenvalue weighted by Gasteiger charge is 2.23. The van der Waals surface area contributed by atoms with Crippen LogP contribution in [0.15, 0.2) is 59.3 Å². The smallest absolute Gasteiger partial charge is 0.226 e. The van der Waals surface area contributed by atoms with Gasteiger partial charge in [0.25, 0.3) is 0 Å². The summed E-state index contributed by atoms with van der Waals surface area (Å²) in [6, 6.07) is 13.7. The lowest BCUT2D eigenvalue weighted by Crippen LogP contribution is -2.30. The van der Waals surface area contributed by atoms with Crippen molar-refractivity contribution in [3.63, 3.8) is 0 Å². The molecule has 2 aromatic carbocycles. The molecule has 0 bridgehead atoms. The molecular formula is C32H36N6O5. The Kier molecular flexibility index (Phi) is 8.32. The van der Waals surface area contributed by atoms with E-state index < -0.39 is 0 Å². The van der Waals surface area contributed by atoms with Gasteiger partial charge in [-0.3, -0.25) is 4.90 Å². The summed E-state index contributed by atoms with van der Waals surface area (Å²) in [5, 5.41) is 8.18. The van der Waals surface area contributed by atoms with Gasteiger partial charge in [0.05, 0.1) is 33.7 Å². The average molecular weight is 585 g/mol. The standard InChI is InChI=1S/C32H36N6O5/c1-5-41-28-15-22-11-12-37(19-23(22)16-29(28)42-6-2)20-24-18-34-32(33-17-21-9-10-25(39-3)27(14-21)40-4)38-31(24)35-30(36-38)26-8-7-13-43-26/h7-10,13-16,18H,5-6,11-12,17,19-20H2,1-4H3,(H,33,34). The van der Waals surface area contributed by atoms with Crippen LogP contribution >= 0.6 is 0 Å². The first-order chi connectivity index (χ1) is 21.1. The molecule has 1 aliphatic rings. The Morgan fingerprint density at radius 1 is 0.930 bits per heavy atom. The van der Waals surface area contributed by atoms with E-state index in [0.717, 1.165) is 47.8 Å². The van der Waals surface area contributed by atoms with Crippen molar-refractivity contribution in [3.8, 4) is 34.6 Å². The largest absolute Gasteiger partial charge is 0.493 e. The van der Waals surface area contributed by atoms with Crippen LogP contribution in [0.1, 0.15) is 36.1 Å². The van der Waals surface area contributed by atoms with E-state index in [1.54, 1.807) is 25.0 Å². The van der Waals surface area contributed by atoms with E-state index in [1.807, 2.05) is 50.4 Å². The van der Waals surface area contributed by atoms with E-state index in [1.165, 1.54) is 11.1 Å². The Morgan fingerprint density at radius 2 is 1.72 bits per heavy atom. The van der Waals surface area contributed by atoms with Crippen molar-refractivity contribution in [2.24, 2.45) is 0 Å². The highest BCUT2D eigenvalue weighted by atomic mass is 16.5. The van der Waals surface area contributed by atoms with E-state index >= 15 is 0 Å². The Hall–Kier alpha value is -4.77. The molecule has 0 saturated heterocycles. The van der Waals surface area contributed by atoms with Gasteiger partial charge in [-0.1, -0.05) is 6.07 Å². The molecule has 11 heteroatoms. The zero-order valence-electron chi connectivity index (χ0n) is 24.9. The number of hydrogen-bond acceptors (Lipinski definition) is 10. The van der Waals surface area contributed by atoms with Crippen molar-refractivity contribution in [3.05, 3.63) is 77.2 Å². The van der Waals surface area contributed by atoms with Crippen LogP contribution < -0.4 is 24.3 Å². The summed E-state index contributed by atoms with van der Waals surface area (Å²) in [5.41, 5.74) is 5.25. The fourth-order valence-corrected chi connectivity index (χ4v) is 5.37. The molecular weight excluding hydrogens is 548 g/mol. The predicted octanol–water partition coefficient (Wildman–Crippen LogP) is 5.37. The summed E-state index contributed by atoms with van der Waals surface area (Å²) in [5.74, 6) is 4.63. The third-order valence-corrected chi connectivity index (χ3v) is 7.43. The third kappa shape index (κ3) is 5.94. The van der Waals surface area contributed by atoms with Crippen LogP contribution in [-0.2, 0) is 26.1 Å². The fourth-order valence-electron chi connectivity index (χ4n) is 5.37. The predicted molar refractivity (Wildman–Crippen MR) is 162 cm³/mol. The number of furan rings is 1. The molecule has 224 valence electrons. The summed E-state index contributed by atoms with van der Waals surface area (Å²) in [6.07, 6.45) is 4.42. The van der Waals surface area contributed by atoms with Gasteiger partial charge >= 0.3 is 0 Å². The summed E-state index contributed by atoms with van der Waals surface area (Å²) in [6.45, 7) is 8.02. The number of nitrogens with zero attached hydrogens (tertiary/aromatic N) is 5. The molecule has 0 fully saturated rings. The topological polar surface area (TPSA) is 108 Å². The number of fused-ring (bicyclic) bond motifs is 2. The Bertz CT molecular complexity index is 1700. The second-order valence-electron chi connectivity index (χ2n) is 10.2. The van der Waals surface area contributed by atoms with E-state index in [0.29, 0.717) is 55.3 Å². The molecule has 0 amide bonds. The lowest BCUT2D eigenvalue weighted by Gasteiger charge is -2.29. The van der Waals surface area contributed by atoms with Gasteiger partial charge in [0.1, 0.15) is 0 Å². The van der Waals surface area contributed by atoms with Crippen LogP contribution in [0.5, 0.6) is 23.0 Å². The fraction of sp³-hybridized carbons (Fsp3) is 0.344. The van der Waals surface area contributed by atoms with Crippen molar-refractivity contribution in [1.82, 2.24) is 24.5 Å². The van der Waals surface area contributed by atoms with Crippen molar-refractivity contribution in [2.45, 2.75) is 39.9 Å². The average Bonchev–Trinajstić information content (AvgIpc) is 3.72. The Balaban J connectivity index is 1.27. The van der Waals surface area contributed by atoms with Gasteiger partial charge in [-0.05, 0) is 73.4 Å². The van der Waals surface area contributed by atoms with Gasteiger partial charge in [0.2, 0.25) is 11.8 Å². The molecule has 0 aliphatic carbocycles. The summed E-state index contributed by atoms with van der Waals surface area (Å²) < 4.78 is 30.0. The molecule has 0 atom stereocenters. The van der Waals surface area contributed by atoms with Gasteiger partial charge in [0.15, 0.2) is 34.4 Å². The second-order valence-corrected chi connectivity index (χ2v) is 10.2. The number of benzene rings is 2. The molecule has 3 aromatic heterocycles. The SMILES string of the molecule is CCOc1cc2c(cc1OCC)CN(Cc1cnc(NCc3ccc(OC)c(OC)c3)n3nc(-c4ccco4)nc13)CC2. The van der Waals surface area contributed by atoms with Crippen molar-refractivity contribution in [1.29, 1.82) is 0 Å². The van der Waals surface area contributed by atoms with Crippen LogP contribution in [0, 0.1) is 0 Å². The van der Waals surface area contributed by atoms with Gasteiger partial charge in [-0.15, -0.1) is 5.10 Å². The minimum absolute atomic E-state index is 0.502. The molecule has 1 aliphatic heterocycles. The quantitative estimate of drug-likeness (QED) is 0.206. The highest BCUT2D eigenvalue weighted by Crippen LogP contribution is 2.34. The maximum absolute atomic E-state index is 5.89. The summed E-state index contributed by atoms with van der Waals surface area (Å²) in [7, 11) is 3.25. The Morgan fingerprint density at radius 3 is 2.44 bits per heavy atom. The van der Waals surface area contributed by atoms with Crippen LogP contribution in [0.25, 0.3) is 17.2 Å². The molecule has 5 aromatic rings. The second kappa shape index (κ2) is 12.6. The number of ether oxygens (including phenoxy) is 4. The van der Waals surface area contributed by atoms with Crippen LogP contribution in [0.3, 0.4) is 0 Å². The molecule has 0 radical (unpaired) electrons.